The smallest absolute Gasteiger partial charge is 0.156 e. The normalized spacial score (nSPS) is 13.4. The van der Waals surface area contributed by atoms with Crippen LogP contribution in [-0.2, 0) is 4.74 Å². The fraction of sp³-hybridized carbons (Fsp3) is 0.556. The topological polar surface area (TPSA) is 29.5 Å². The number of aliphatic hydroxyl groups excluding tert-OH is 1. The van der Waals surface area contributed by atoms with Crippen LogP contribution in [0.15, 0.2) is 23.7 Å². The van der Waals surface area contributed by atoms with Gasteiger partial charge >= 0.3 is 0 Å². The molecular weight excluding hydrogens is 140 g/mol. The predicted octanol–water partition coefficient (Wildman–Crippen LogP) is 2.78. The van der Waals surface area contributed by atoms with Gasteiger partial charge in [0.05, 0.1) is 6.61 Å². The van der Waals surface area contributed by atoms with Crippen LogP contribution < -0.4 is 0 Å². The molecule has 0 aromatic carbocycles. The minimum absolute atomic E-state index is 0.209. The molecule has 0 amide bonds. The maximum absolute atomic E-state index is 9.21. The Morgan fingerprint density at radius 1 is 1.36 bits per heavy atom. The highest BCUT2D eigenvalue weighted by Gasteiger charge is 1.99. The van der Waals surface area contributed by atoms with Crippen LogP contribution >= 0.6 is 0 Å². The second-order valence-corrected chi connectivity index (χ2v) is 2.18. The van der Waals surface area contributed by atoms with E-state index in [0.29, 0.717) is 12.4 Å². The van der Waals surface area contributed by atoms with Crippen molar-refractivity contribution >= 4 is 0 Å². The molecule has 0 aromatic heterocycles. The van der Waals surface area contributed by atoms with Crippen LogP contribution in [0, 0.1) is 0 Å². The van der Waals surface area contributed by atoms with Crippen molar-refractivity contribution in [2.75, 3.05) is 6.61 Å². The molecule has 2 nitrogen and oxygen atoms in total. The average molecular weight is 156 g/mol. The van der Waals surface area contributed by atoms with Gasteiger partial charge in [-0.15, -0.1) is 0 Å². The van der Waals surface area contributed by atoms with E-state index in [1.165, 1.54) is 0 Å². The average Bonchev–Trinajstić information content (AvgIpc) is 2.05. The molecule has 0 heterocycles. The van der Waals surface area contributed by atoms with E-state index in [4.69, 9.17) is 4.74 Å². The maximum atomic E-state index is 9.21. The number of rotatable bonds is 4. The van der Waals surface area contributed by atoms with Crippen molar-refractivity contribution in [1.29, 1.82) is 0 Å². The van der Waals surface area contributed by atoms with Crippen molar-refractivity contribution in [3.05, 3.63) is 23.7 Å². The highest BCUT2D eigenvalue weighted by Crippen LogP contribution is 2.07. The molecule has 1 N–H and O–H groups in total. The van der Waals surface area contributed by atoms with Crippen LogP contribution in [0.2, 0.25) is 0 Å². The summed E-state index contributed by atoms with van der Waals surface area (Å²) in [4.78, 5) is 0. The lowest BCUT2D eigenvalue weighted by molar-refractivity contribution is 0.193. The third-order valence-electron chi connectivity index (χ3n) is 1.25. The number of hydrogen-bond donors (Lipinski definition) is 1. The second-order valence-electron chi connectivity index (χ2n) is 2.18. The molecule has 0 aliphatic heterocycles. The lowest BCUT2D eigenvalue weighted by Crippen LogP contribution is -1.96. The molecule has 0 aromatic rings. The van der Waals surface area contributed by atoms with Gasteiger partial charge in [-0.1, -0.05) is 6.92 Å². The van der Waals surface area contributed by atoms with Gasteiger partial charge in [-0.2, -0.15) is 0 Å². The van der Waals surface area contributed by atoms with Crippen molar-refractivity contribution in [2.45, 2.75) is 27.2 Å². The molecule has 0 radical (unpaired) electrons. The second kappa shape index (κ2) is 5.83. The first-order valence-corrected chi connectivity index (χ1v) is 3.91. The first kappa shape index (κ1) is 10.1. The Labute approximate surface area is 68.2 Å². The van der Waals surface area contributed by atoms with Gasteiger partial charge in [0, 0.05) is 0 Å². The summed E-state index contributed by atoms with van der Waals surface area (Å²) < 4.78 is 5.24. The molecular formula is C9H16O2. The fourth-order valence-electron chi connectivity index (χ4n) is 0.659. The molecule has 0 saturated heterocycles. The molecule has 0 atom stereocenters. The summed E-state index contributed by atoms with van der Waals surface area (Å²) in [5, 5.41) is 9.21. The Bertz CT molecular complexity index is 157. The van der Waals surface area contributed by atoms with E-state index >= 15 is 0 Å². The van der Waals surface area contributed by atoms with Crippen LogP contribution in [0.4, 0.5) is 0 Å². The third kappa shape index (κ3) is 3.71. The Morgan fingerprint density at radius 2 is 2.00 bits per heavy atom. The molecule has 11 heavy (non-hydrogen) atoms. The summed E-state index contributed by atoms with van der Waals surface area (Å²) >= 11 is 0. The van der Waals surface area contributed by atoms with Gasteiger partial charge in [-0.05, 0) is 32.4 Å². The lowest BCUT2D eigenvalue weighted by Gasteiger charge is -2.06. The molecule has 0 aliphatic carbocycles. The monoisotopic (exact) mass is 156 g/mol. The van der Waals surface area contributed by atoms with Crippen LogP contribution in [0.1, 0.15) is 27.2 Å². The van der Waals surface area contributed by atoms with Gasteiger partial charge in [-0.3, -0.25) is 0 Å². The summed E-state index contributed by atoms with van der Waals surface area (Å²) in [5.74, 6) is 0.773. The van der Waals surface area contributed by atoms with E-state index in [1.807, 2.05) is 13.8 Å². The molecule has 0 spiro atoms. The highest BCUT2D eigenvalue weighted by molar-refractivity contribution is 5.16. The quantitative estimate of drug-likeness (QED) is 0.501. The fourth-order valence-corrected chi connectivity index (χ4v) is 0.659. The largest absolute Gasteiger partial charge is 0.504 e. The summed E-state index contributed by atoms with van der Waals surface area (Å²) in [6.45, 7) is 6.29. The van der Waals surface area contributed by atoms with Crippen molar-refractivity contribution in [3.63, 3.8) is 0 Å². The number of ether oxygens (including phenoxy) is 1. The summed E-state index contributed by atoms with van der Waals surface area (Å²) in [7, 11) is 0. The van der Waals surface area contributed by atoms with Gasteiger partial charge in [-0.25, -0.2) is 0 Å². The van der Waals surface area contributed by atoms with Crippen molar-refractivity contribution < 1.29 is 9.84 Å². The zero-order valence-electron chi connectivity index (χ0n) is 7.42. The van der Waals surface area contributed by atoms with Crippen LogP contribution in [-0.4, -0.2) is 11.7 Å². The Balaban J connectivity index is 3.98. The van der Waals surface area contributed by atoms with Crippen LogP contribution in [0.25, 0.3) is 0 Å². The van der Waals surface area contributed by atoms with E-state index in [0.717, 1.165) is 6.42 Å². The Hall–Kier alpha value is -0.920. The zero-order valence-corrected chi connectivity index (χ0v) is 7.42. The summed E-state index contributed by atoms with van der Waals surface area (Å²) in [5.41, 5.74) is 0. The van der Waals surface area contributed by atoms with Gasteiger partial charge in [0.1, 0.15) is 0 Å². The van der Waals surface area contributed by atoms with Crippen LogP contribution in [0.3, 0.4) is 0 Å². The summed E-state index contributed by atoms with van der Waals surface area (Å²) in [6.07, 6.45) is 4.32. The Kier molecular flexibility index (Phi) is 5.35. The van der Waals surface area contributed by atoms with E-state index in [2.05, 4.69) is 0 Å². The minimum atomic E-state index is 0.209. The van der Waals surface area contributed by atoms with E-state index < -0.39 is 0 Å². The van der Waals surface area contributed by atoms with Crippen LogP contribution in [0.5, 0.6) is 0 Å². The molecule has 0 saturated carbocycles. The highest BCUT2D eigenvalue weighted by atomic mass is 16.5. The van der Waals surface area contributed by atoms with Gasteiger partial charge < -0.3 is 9.84 Å². The van der Waals surface area contributed by atoms with E-state index in [9.17, 15) is 5.11 Å². The molecule has 0 fully saturated rings. The molecule has 64 valence electrons. The third-order valence-corrected chi connectivity index (χ3v) is 1.25. The molecule has 0 bridgehead atoms. The van der Waals surface area contributed by atoms with Gasteiger partial charge in [0.15, 0.2) is 11.5 Å². The SMILES string of the molecule is CC=C(O)C(=CC)OCCC. The molecule has 0 unspecified atom stereocenters. The van der Waals surface area contributed by atoms with E-state index in [-0.39, 0.29) is 5.76 Å². The first-order valence-electron chi connectivity index (χ1n) is 3.91. The van der Waals surface area contributed by atoms with Crippen molar-refractivity contribution in [2.24, 2.45) is 0 Å². The number of allylic oxidation sites excluding steroid dienone is 2. The number of aliphatic hydroxyl groups is 1. The maximum Gasteiger partial charge on any atom is 0.156 e. The van der Waals surface area contributed by atoms with E-state index in [1.54, 1.807) is 19.1 Å². The molecule has 2 heteroatoms. The van der Waals surface area contributed by atoms with Gasteiger partial charge in [0.25, 0.3) is 0 Å². The minimum Gasteiger partial charge on any atom is -0.504 e. The number of hydrogen-bond acceptors (Lipinski definition) is 2. The zero-order chi connectivity index (χ0) is 8.69. The predicted molar refractivity (Wildman–Crippen MR) is 46.4 cm³/mol. The lowest BCUT2D eigenvalue weighted by atomic mass is 10.3. The Morgan fingerprint density at radius 3 is 2.36 bits per heavy atom. The molecule has 0 rings (SSSR count). The first-order chi connectivity index (χ1) is 5.26. The standard InChI is InChI=1S/C9H16O2/c1-4-7-11-9(6-3)8(10)5-2/h5-6,10H,4,7H2,1-3H3. The molecule has 0 aliphatic rings. The van der Waals surface area contributed by atoms with Crippen molar-refractivity contribution in [1.82, 2.24) is 0 Å². The van der Waals surface area contributed by atoms with Gasteiger partial charge in [0.2, 0.25) is 0 Å². The summed E-state index contributed by atoms with van der Waals surface area (Å²) in [6, 6.07) is 0. The van der Waals surface area contributed by atoms with Crippen molar-refractivity contribution in [3.8, 4) is 0 Å².